The molecular formula is C18H9ClF3NO3S2. The van der Waals surface area contributed by atoms with Crippen LogP contribution in [-0.4, -0.2) is 21.3 Å². The molecule has 0 radical (unpaired) electrons. The minimum absolute atomic E-state index is 0.0381. The number of thiocarbonyl (C=S) groups is 1. The molecule has 1 aliphatic rings. The normalized spacial score (nSPS) is 16.1. The highest BCUT2D eigenvalue weighted by molar-refractivity contribution is 8.27. The molecule has 1 heterocycles. The number of carboxylic acids is 1. The maximum absolute atomic E-state index is 13.1. The number of carboxylic acid groups (broad SMARTS) is 1. The first-order chi connectivity index (χ1) is 13.1. The van der Waals surface area contributed by atoms with Gasteiger partial charge in [-0.1, -0.05) is 47.7 Å². The summed E-state index contributed by atoms with van der Waals surface area (Å²) >= 11 is 11.7. The number of nitrogens with zero attached hydrogens (tertiary/aromatic N) is 1. The lowest BCUT2D eigenvalue weighted by Crippen LogP contribution is -2.27. The van der Waals surface area contributed by atoms with E-state index in [0.29, 0.717) is 5.56 Å². The van der Waals surface area contributed by atoms with Crippen LogP contribution in [-0.2, 0) is 11.0 Å². The van der Waals surface area contributed by atoms with Crippen molar-refractivity contribution in [1.82, 2.24) is 0 Å². The minimum Gasteiger partial charge on any atom is -0.478 e. The number of rotatable bonds is 3. The first kappa shape index (κ1) is 20.4. The van der Waals surface area contributed by atoms with Gasteiger partial charge >= 0.3 is 12.1 Å². The Balaban J connectivity index is 1.93. The largest absolute Gasteiger partial charge is 0.478 e. The maximum Gasteiger partial charge on any atom is 0.417 e. The Kier molecular flexibility index (Phi) is 5.51. The molecule has 1 aliphatic heterocycles. The van der Waals surface area contributed by atoms with Gasteiger partial charge in [-0.2, -0.15) is 13.2 Å². The number of alkyl halides is 3. The molecule has 1 amide bonds. The minimum atomic E-state index is -4.67. The zero-order valence-electron chi connectivity index (χ0n) is 13.7. The Morgan fingerprint density at radius 1 is 1.18 bits per heavy atom. The topological polar surface area (TPSA) is 57.6 Å². The summed E-state index contributed by atoms with van der Waals surface area (Å²) in [5.74, 6) is -1.66. The number of thioether (sulfide) groups is 1. The van der Waals surface area contributed by atoms with Gasteiger partial charge < -0.3 is 5.11 Å². The third-order valence-corrected chi connectivity index (χ3v) is 5.39. The van der Waals surface area contributed by atoms with Crippen molar-refractivity contribution in [3.63, 3.8) is 0 Å². The van der Waals surface area contributed by atoms with Crippen LogP contribution in [0.3, 0.4) is 0 Å². The highest BCUT2D eigenvalue weighted by Gasteiger charge is 2.37. The van der Waals surface area contributed by atoms with E-state index in [4.69, 9.17) is 28.9 Å². The third-order valence-electron chi connectivity index (χ3n) is 3.76. The molecule has 0 saturated carbocycles. The van der Waals surface area contributed by atoms with Crippen LogP contribution in [0.2, 0.25) is 5.02 Å². The van der Waals surface area contributed by atoms with Gasteiger partial charge in [-0.3, -0.25) is 9.69 Å². The number of anilines is 1. The van der Waals surface area contributed by atoms with Gasteiger partial charge in [0.15, 0.2) is 4.32 Å². The van der Waals surface area contributed by atoms with Gasteiger partial charge in [-0.15, -0.1) is 0 Å². The number of hydrogen-bond acceptors (Lipinski definition) is 4. The van der Waals surface area contributed by atoms with Crippen molar-refractivity contribution in [3.8, 4) is 0 Å². The van der Waals surface area contributed by atoms with Crippen LogP contribution in [0.25, 0.3) is 6.08 Å². The molecule has 1 N–H and O–H groups in total. The van der Waals surface area contributed by atoms with Gasteiger partial charge in [0.05, 0.1) is 26.7 Å². The van der Waals surface area contributed by atoms with Crippen LogP contribution in [0.5, 0.6) is 0 Å². The quantitative estimate of drug-likeness (QED) is 0.504. The van der Waals surface area contributed by atoms with Crippen molar-refractivity contribution in [1.29, 1.82) is 0 Å². The molecule has 0 aliphatic carbocycles. The van der Waals surface area contributed by atoms with Crippen molar-refractivity contribution in [2.75, 3.05) is 4.90 Å². The Labute approximate surface area is 171 Å². The monoisotopic (exact) mass is 443 g/mol. The lowest BCUT2D eigenvalue weighted by atomic mass is 10.1. The van der Waals surface area contributed by atoms with Crippen LogP contribution < -0.4 is 4.90 Å². The van der Waals surface area contributed by atoms with Crippen LogP contribution >= 0.6 is 35.6 Å². The SMILES string of the molecule is O=C(O)c1ccc(/C=C2/SC(=S)N(c3ccc(Cl)c(C(F)(F)F)c3)C2=O)cc1. The second kappa shape index (κ2) is 7.57. The van der Waals surface area contributed by atoms with E-state index in [1.807, 2.05) is 0 Å². The molecule has 0 bridgehead atoms. The fraction of sp³-hybridized carbons (Fsp3) is 0.0556. The van der Waals surface area contributed by atoms with Crippen LogP contribution in [0.15, 0.2) is 47.4 Å². The standard InChI is InChI=1S/C18H9ClF3NO3S2/c19-13-6-5-11(8-12(13)18(20,21)22)23-15(24)14(28-17(23)27)7-9-1-3-10(4-2-9)16(25)26/h1-8H,(H,25,26)/b14-7+. The summed E-state index contributed by atoms with van der Waals surface area (Å²) in [6, 6.07) is 8.91. The van der Waals surface area contributed by atoms with E-state index in [0.717, 1.165) is 28.8 Å². The Morgan fingerprint density at radius 3 is 2.39 bits per heavy atom. The summed E-state index contributed by atoms with van der Waals surface area (Å²) in [7, 11) is 0. The number of aromatic carboxylic acids is 1. The van der Waals surface area contributed by atoms with Crippen molar-refractivity contribution in [3.05, 3.63) is 69.1 Å². The number of benzene rings is 2. The van der Waals surface area contributed by atoms with Gasteiger partial charge in [0.1, 0.15) is 0 Å². The average Bonchev–Trinajstić information content (AvgIpc) is 2.89. The smallest absolute Gasteiger partial charge is 0.417 e. The van der Waals surface area contributed by atoms with E-state index in [1.54, 1.807) is 0 Å². The van der Waals surface area contributed by atoms with E-state index in [9.17, 15) is 22.8 Å². The second-order valence-corrected chi connectivity index (χ2v) is 7.69. The van der Waals surface area contributed by atoms with Crippen LogP contribution in [0, 0.1) is 0 Å². The highest BCUT2D eigenvalue weighted by Crippen LogP contribution is 2.40. The van der Waals surface area contributed by atoms with E-state index in [-0.39, 0.29) is 20.5 Å². The molecule has 1 saturated heterocycles. The van der Waals surface area contributed by atoms with Crippen LogP contribution in [0.1, 0.15) is 21.5 Å². The number of carbonyl (C=O) groups excluding carboxylic acids is 1. The summed E-state index contributed by atoms with van der Waals surface area (Å²) in [6.07, 6.45) is -3.18. The Morgan fingerprint density at radius 2 is 1.82 bits per heavy atom. The summed E-state index contributed by atoms with van der Waals surface area (Å²) < 4.78 is 39.3. The van der Waals surface area contributed by atoms with Gasteiger partial charge in [0.25, 0.3) is 5.91 Å². The van der Waals surface area contributed by atoms with Crippen molar-refractivity contribution in [2.24, 2.45) is 0 Å². The van der Waals surface area contributed by atoms with Gasteiger partial charge in [0, 0.05) is 0 Å². The molecular weight excluding hydrogens is 435 g/mol. The second-order valence-electron chi connectivity index (χ2n) is 5.61. The molecule has 10 heteroatoms. The summed E-state index contributed by atoms with van der Waals surface area (Å²) in [6.45, 7) is 0. The molecule has 144 valence electrons. The molecule has 0 atom stereocenters. The summed E-state index contributed by atoms with van der Waals surface area (Å²) in [5, 5.41) is 8.43. The number of halogens is 4. The Bertz CT molecular complexity index is 1020. The van der Waals surface area contributed by atoms with E-state index in [2.05, 4.69) is 0 Å². The number of amides is 1. The highest BCUT2D eigenvalue weighted by atomic mass is 35.5. The zero-order valence-corrected chi connectivity index (χ0v) is 16.0. The third kappa shape index (κ3) is 4.06. The number of hydrogen-bond donors (Lipinski definition) is 1. The fourth-order valence-electron chi connectivity index (χ4n) is 2.43. The molecule has 0 aromatic heterocycles. The van der Waals surface area contributed by atoms with Gasteiger partial charge in [-0.05, 0) is 42.0 Å². The molecule has 28 heavy (non-hydrogen) atoms. The van der Waals surface area contributed by atoms with Crippen LogP contribution in [0.4, 0.5) is 18.9 Å². The van der Waals surface area contributed by atoms with E-state index >= 15 is 0 Å². The van der Waals surface area contributed by atoms with Gasteiger partial charge in [0.2, 0.25) is 0 Å². The molecule has 2 aromatic rings. The summed E-state index contributed by atoms with van der Waals surface area (Å²) in [5.41, 5.74) is -0.457. The lowest BCUT2D eigenvalue weighted by molar-refractivity contribution is -0.137. The van der Waals surface area contributed by atoms with Crippen molar-refractivity contribution in [2.45, 2.75) is 6.18 Å². The average molecular weight is 444 g/mol. The molecule has 2 aromatic carbocycles. The van der Waals surface area contributed by atoms with Crippen molar-refractivity contribution >= 4 is 63.5 Å². The number of carbonyl (C=O) groups is 2. The lowest BCUT2D eigenvalue weighted by Gasteiger charge is -2.17. The first-order valence-electron chi connectivity index (χ1n) is 7.56. The molecule has 0 unspecified atom stereocenters. The molecule has 4 nitrogen and oxygen atoms in total. The predicted octanol–water partition coefficient (Wildman–Crippen LogP) is 5.46. The van der Waals surface area contributed by atoms with Gasteiger partial charge in [-0.25, -0.2) is 4.79 Å². The predicted molar refractivity (Wildman–Crippen MR) is 106 cm³/mol. The Hall–Kier alpha value is -2.36. The van der Waals surface area contributed by atoms with Crippen molar-refractivity contribution < 1.29 is 27.9 Å². The maximum atomic E-state index is 13.1. The summed E-state index contributed by atoms with van der Waals surface area (Å²) in [4.78, 5) is 24.8. The zero-order chi connectivity index (χ0) is 20.6. The molecule has 3 rings (SSSR count). The first-order valence-corrected chi connectivity index (χ1v) is 9.16. The fourth-order valence-corrected chi connectivity index (χ4v) is 3.96. The van der Waals surface area contributed by atoms with E-state index < -0.39 is 28.6 Å². The van der Waals surface area contributed by atoms with E-state index in [1.165, 1.54) is 36.4 Å². The molecule has 0 spiro atoms. The molecule has 1 fully saturated rings.